The quantitative estimate of drug-likeness (QED) is 0.749. The molecule has 1 aliphatic rings. The molecule has 3 rings (SSSR count). The zero-order valence-corrected chi connectivity index (χ0v) is 15.0. The first-order valence-corrected chi connectivity index (χ1v) is 9.54. The van der Waals surface area contributed by atoms with Gasteiger partial charge in [-0.3, -0.25) is 4.31 Å². The molecule has 1 aliphatic heterocycles. The van der Waals surface area contributed by atoms with Gasteiger partial charge >= 0.3 is 5.97 Å². The van der Waals surface area contributed by atoms with Gasteiger partial charge in [-0.25, -0.2) is 13.2 Å². The highest BCUT2D eigenvalue weighted by molar-refractivity contribution is 7.93. The zero-order chi connectivity index (χ0) is 16.8. The summed E-state index contributed by atoms with van der Waals surface area (Å²) in [7, 11) is -2.49. The molecule has 0 saturated heterocycles. The Labute approximate surface area is 147 Å². The van der Waals surface area contributed by atoms with Crippen LogP contribution in [0.3, 0.4) is 0 Å². The van der Waals surface area contributed by atoms with Crippen molar-refractivity contribution in [2.45, 2.75) is 11.3 Å². The molecule has 1 aromatic carbocycles. The molecular weight excluding hydrogens is 381 g/mol. The molecule has 9 heteroatoms. The van der Waals surface area contributed by atoms with E-state index in [-0.39, 0.29) is 15.8 Å². The maximum atomic E-state index is 12.8. The molecule has 0 radical (unpaired) electrons. The van der Waals surface area contributed by atoms with Gasteiger partial charge in [-0.2, -0.15) is 0 Å². The van der Waals surface area contributed by atoms with Crippen molar-refractivity contribution in [1.29, 1.82) is 0 Å². The number of anilines is 1. The number of esters is 1. The Morgan fingerprint density at radius 2 is 2.04 bits per heavy atom. The average molecular weight is 392 g/mol. The van der Waals surface area contributed by atoms with Crippen molar-refractivity contribution in [3.05, 3.63) is 44.1 Å². The summed E-state index contributed by atoms with van der Waals surface area (Å²) in [5.74, 6) is -0.457. The molecule has 0 atom stereocenters. The van der Waals surface area contributed by atoms with Crippen molar-refractivity contribution >= 4 is 56.2 Å². The molecule has 0 N–H and O–H groups in total. The summed E-state index contributed by atoms with van der Waals surface area (Å²) >= 11 is 12.8. The van der Waals surface area contributed by atoms with Crippen LogP contribution in [0.25, 0.3) is 0 Å². The average Bonchev–Trinajstić information content (AvgIpc) is 3.09. The lowest BCUT2D eigenvalue weighted by Crippen LogP contribution is -2.28. The highest BCUT2D eigenvalue weighted by Crippen LogP contribution is 2.39. The molecule has 0 saturated carbocycles. The molecule has 1 aromatic heterocycles. The number of carbonyl (C=O) groups excluding carboxylic acids is 1. The van der Waals surface area contributed by atoms with Crippen LogP contribution in [0.15, 0.2) is 29.2 Å². The third-order valence-electron chi connectivity index (χ3n) is 3.55. The Balaban J connectivity index is 2.02. The molecule has 0 aliphatic carbocycles. The maximum absolute atomic E-state index is 12.8. The molecule has 0 amide bonds. The first-order chi connectivity index (χ1) is 10.8. The summed E-state index contributed by atoms with van der Waals surface area (Å²) in [6, 6.07) is 6.15. The van der Waals surface area contributed by atoms with Gasteiger partial charge < -0.3 is 4.74 Å². The largest absolute Gasteiger partial charge is 0.465 e. The van der Waals surface area contributed by atoms with Gasteiger partial charge in [0.25, 0.3) is 10.0 Å². The predicted molar refractivity (Wildman–Crippen MR) is 90.4 cm³/mol. The molecule has 23 heavy (non-hydrogen) atoms. The Morgan fingerprint density at radius 1 is 1.30 bits per heavy atom. The van der Waals surface area contributed by atoms with Gasteiger partial charge in [0.1, 0.15) is 9.23 Å². The summed E-state index contributed by atoms with van der Waals surface area (Å²) in [5, 5.41) is 0. The first-order valence-electron chi connectivity index (χ1n) is 6.53. The van der Waals surface area contributed by atoms with Crippen LogP contribution in [-0.4, -0.2) is 28.0 Å². The minimum atomic E-state index is -3.79. The Kier molecular flexibility index (Phi) is 4.31. The number of hydrogen-bond donors (Lipinski definition) is 0. The van der Waals surface area contributed by atoms with E-state index >= 15 is 0 Å². The third kappa shape index (κ3) is 2.82. The molecule has 5 nitrogen and oxygen atoms in total. The van der Waals surface area contributed by atoms with E-state index in [0.29, 0.717) is 22.0 Å². The maximum Gasteiger partial charge on any atom is 0.337 e. The number of carbonyl (C=O) groups is 1. The lowest BCUT2D eigenvalue weighted by Gasteiger charge is -2.19. The topological polar surface area (TPSA) is 63.7 Å². The summed E-state index contributed by atoms with van der Waals surface area (Å²) < 4.78 is 32.0. The fourth-order valence-electron chi connectivity index (χ4n) is 2.49. The highest BCUT2D eigenvalue weighted by atomic mass is 35.5. The fourth-order valence-corrected chi connectivity index (χ4v) is 6.10. The number of rotatable bonds is 3. The van der Waals surface area contributed by atoms with Gasteiger partial charge in [0.15, 0.2) is 0 Å². The number of benzene rings is 1. The van der Waals surface area contributed by atoms with Crippen LogP contribution in [0.4, 0.5) is 5.69 Å². The lowest BCUT2D eigenvalue weighted by molar-refractivity contribution is 0.0600. The predicted octanol–water partition coefficient (Wildman–Crippen LogP) is 3.59. The van der Waals surface area contributed by atoms with E-state index in [1.54, 1.807) is 18.2 Å². The van der Waals surface area contributed by atoms with E-state index in [4.69, 9.17) is 23.2 Å². The Hall–Kier alpha value is -1.28. The van der Waals surface area contributed by atoms with Crippen LogP contribution in [0.5, 0.6) is 0 Å². The third-order valence-corrected chi connectivity index (χ3v) is 7.11. The van der Waals surface area contributed by atoms with Crippen molar-refractivity contribution in [1.82, 2.24) is 0 Å². The van der Waals surface area contributed by atoms with Crippen LogP contribution in [-0.2, 0) is 21.2 Å². The number of hydrogen-bond acceptors (Lipinski definition) is 5. The second kappa shape index (κ2) is 5.98. The number of fused-ring (bicyclic) bond motifs is 1. The van der Waals surface area contributed by atoms with E-state index < -0.39 is 16.0 Å². The summed E-state index contributed by atoms with van der Waals surface area (Å²) in [6.45, 7) is 0.284. The standard InChI is InChI=1S/C14H11Cl2NO4S2/c1-21-14(18)9-2-3-10-8(6-9)4-5-17(10)23(19,20)11-7-12(15)22-13(11)16/h2-3,6-7H,4-5H2,1H3. The summed E-state index contributed by atoms with van der Waals surface area (Å²) in [6.07, 6.45) is 0.509. The summed E-state index contributed by atoms with van der Waals surface area (Å²) in [5.41, 5.74) is 1.70. The molecule has 0 unspecified atom stereocenters. The Bertz CT molecular complexity index is 892. The van der Waals surface area contributed by atoms with Gasteiger partial charge in [0.2, 0.25) is 0 Å². The van der Waals surface area contributed by atoms with Crippen LogP contribution < -0.4 is 4.31 Å². The minimum absolute atomic E-state index is 0.000869. The highest BCUT2D eigenvalue weighted by Gasteiger charge is 2.33. The number of ether oxygens (including phenoxy) is 1. The van der Waals surface area contributed by atoms with E-state index in [9.17, 15) is 13.2 Å². The van der Waals surface area contributed by atoms with Gasteiger partial charge in [-0.1, -0.05) is 23.2 Å². The zero-order valence-electron chi connectivity index (χ0n) is 11.9. The number of methoxy groups -OCH3 is 1. The van der Waals surface area contributed by atoms with E-state index in [1.165, 1.54) is 17.5 Å². The van der Waals surface area contributed by atoms with Crippen LogP contribution >= 0.6 is 34.5 Å². The molecule has 0 spiro atoms. The van der Waals surface area contributed by atoms with Crippen molar-refractivity contribution in [3.8, 4) is 0 Å². The minimum Gasteiger partial charge on any atom is -0.465 e. The van der Waals surface area contributed by atoms with E-state index in [1.807, 2.05) is 0 Å². The van der Waals surface area contributed by atoms with Gasteiger partial charge in [0.05, 0.1) is 22.7 Å². The van der Waals surface area contributed by atoms with E-state index in [0.717, 1.165) is 16.9 Å². The monoisotopic (exact) mass is 391 g/mol. The van der Waals surface area contributed by atoms with Crippen molar-refractivity contribution in [3.63, 3.8) is 0 Å². The van der Waals surface area contributed by atoms with Crippen molar-refractivity contribution in [2.75, 3.05) is 18.0 Å². The van der Waals surface area contributed by atoms with Gasteiger partial charge in [0, 0.05) is 6.54 Å². The number of sulfonamides is 1. The normalized spacial score (nSPS) is 14.0. The van der Waals surface area contributed by atoms with Crippen molar-refractivity contribution in [2.24, 2.45) is 0 Å². The van der Waals surface area contributed by atoms with Gasteiger partial charge in [-0.05, 0) is 36.2 Å². The van der Waals surface area contributed by atoms with Crippen LogP contribution in [0.2, 0.25) is 8.67 Å². The number of halogens is 2. The summed E-state index contributed by atoms with van der Waals surface area (Å²) in [4.78, 5) is 11.6. The smallest absolute Gasteiger partial charge is 0.337 e. The second-order valence-electron chi connectivity index (χ2n) is 4.85. The number of thiophene rings is 1. The molecule has 122 valence electrons. The number of nitrogens with zero attached hydrogens (tertiary/aromatic N) is 1. The van der Waals surface area contributed by atoms with Crippen LogP contribution in [0.1, 0.15) is 15.9 Å². The second-order valence-corrected chi connectivity index (χ2v) is 8.97. The first kappa shape index (κ1) is 16.6. The molecule has 0 bridgehead atoms. The molecular formula is C14H11Cl2NO4S2. The SMILES string of the molecule is COC(=O)c1ccc2c(c1)CCN2S(=O)(=O)c1cc(Cl)sc1Cl. The van der Waals surface area contributed by atoms with Crippen molar-refractivity contribution < 1.29 is 17.9 Å². The Morgan fingerprint density at radius 3 is 2.65 bits per heavy atom. The molecule has 2 aromatic rings. The van der Waals surface area contributed by atoms with Crippen LogP contribution in [0, 0.1) is 0 Å². The lowest BCUT2D eigenvalue weighted by atomic mass is 10.1. The fraction of sp³-hybridized carbons (Fsp3) is 0.214. The molecule has 0 fully saturated rings. The van der Waals surface area contributed by atoms with E-state index in [2.05, 4.69) is 4.74 Å². The molecule has 2 heterocycles. The van der Waals surface area contributed by atoms with Gasteiger partial charge in [-0.15, -0.1) is 11.3 Å².